The van der Waals surface area contributed by atoms with Crippen molar-refractivity contribution in [2.45, 2.75) is 26.4 Å². The Bertz CT molecular complexity index is 1060. The van der Waals surface area contributed by atoms with E-state index in [0.717, 1.165) is 0 Å². The number of aromatic carboxylic acids is 1. The SMILES string of the molecule is CCOC(=O)c1ccccc1NC(=O)CN1C(=O)C(C)(C)Oc2cc(C(=O)O)ccc21. The molecule has 0 saturated heterocycles. The number of hydrogen-bond acceptors (Lipinski definition) is 6. The fraction of sp³-hybridized carbons (Fsp3) is 0.273. The van der Waals surface area contributed by atoms with E-state index in [0.29, 0.717) is 0 Å². The molecule has 2 N–H and O–H groups in total. The minimum atomic E-state index is -1.30. The number of amides is 2. The van der Waals surface area contributed by atoms with E-state index >= 15 is 0 Å². The Morgan fingerprint density at radius 1 is 1.16 bits per heavy atom. The molecule has 2 aromatic carbocycles. The summed E-state index contributed by atoms with van der Waals surface area (Å²) in [6.45, 7) is 4.58. The van der Waals surface area contributed by atoms with Gasteiger partial charge < -0.3 is 19.9 Å². The number of hydrogen-bond donors (Lipinski definition) is 2. The molecule has 1 aliphatic heterocycles. The second kappa shape index (κ2) is 8.47. The van der Waals surface area contributed by atoms with E-state index in [9.17, 15) is 24.3 Å². The molecule has 0 atom stereocenters. The average Bonchev–Trinajstić information content (AvgIpc) is 2.71. The number of nitrogens with one attached hydrogen (secondary N) is 1. The molecular formula is C22H22N2O7. The van der Waals surface area contributed by atoms with Crippen molar-refractivity contribution in [2.24, 2.45) is 0 Å². The van der Waals surface area contributed by atoms with Gasteiger partial charge in [-0.15, -0.1) is 0 Å². The zero-order chi connectivity index (χ0) is 22.8. The van der Waals surface area contributed by atoms with Gasteiger partial charge in [0, 0.05) is 0 Å². The standard InChI is InChI=1S/C22H22N2O7/c1-4-30-20(28)14-7-5-6-8-15(14)23-18(25)12-24-16-10-9-13(19(26)27)11-17(16)31-22(2,3)21(24)29/h5-11H,4,12H2,1-3H3,(H,23,25)(H,26,27). The van der Waals surface area contributed by atoms with E-state index < -0.39 is 29.4 Å². The van der Waals surface area contributed by atoms with Crippen LogP contribution in [-0.4, -0.2) is 47.6 Å². The second-order valence-corrected chi connectivity index (χ2v) is 7.31. The number of fused-ring (bicyclic) bond motifs is 1. The molecule has 162 valence electrons. The van der Waals surface area contributed by atoms with Crippen molar-refractivity contribution in [2.75, 3.05) is 23.4 Å². The van der Waals surface area contributed by atoms with Crippen LogP contribution in [0, 0.1) is 0 Å². The van der Waals surface area contributed by atoms with Gasteiger partial charge >= 0.3 is 11.9 Å². The van der Waals surface area contributed by atoms with Gasteiger partial charge in [-0.05, 0) is 51.1 Å². The van der Waals surface area contributed by atoms with E-state index in [1.165, 1.54) is 43.0 Å². The summed E-state index contributed by atoms with van der Waals surface area (Å²) in [5.41, 5.74) is -0.571. The summed E-state index contributed by atoms with van der Waals surface area (Å²) in [5.74, 6) is -2.54. The molecule has 2 amide bonds. The normalized spacial score (nSPS) is 14.3. The molecule has 0 bridgehead atoms. The number of carbonyl (C=O) groups excluding carboxylic acids is 3. The lowest BCUT2D eigenvalue weighted by Gasteiger charge is -2.38. The minimum absolute atomic E-state index is 0.00309. The Labute approximate surface area is 178 Å². The largest absolute Gasteiger partial charge is 0.478 e. The predicted molar refractivity (Wildman–Crippen MR) is 111 cm³/mol. The first-order valence-corrected chi connectivity index (χ1v) is 9.58. The lowest BCUT2D eigenvalue weighted by atomic mass is 10.0. The van der Waals surface area contributed by atoms with E-state index in [2.05, 4.69) is 5.32 Å². The van der Waals surface area contributed by atoms with Crippen LogP contribution in [0.15, 0.2) is 42.5 Å². The summed E-state index contributed by atoms with van der Waals surface area (Å²) in [4.78, 5) is 50.3. The molecule has 9 nitrogen and oxygen atoms in total. The predicted octanol–water partition coefficient (Wildman–Crippen LogP) is 2.70. The first-order chi connectivity index (χ1) is 14.6. The van der Waals surface area contributed by atoms with Crippen LogP contribution in [-0.2, 0) is 14.3 Å². The highest BCUT2D eigenvalue weighted by Crippen LogP contribution is 2.38. The number of carboxylic acid groups (broad SMARTS) is 1. The zero-order valence-electron chi connectivity index (χ0n) is 17.3. The number of nitrogens with zero attached hydrogens (tertiary/aromatic N) is 1. The van der Waals surface area contributed by atoms with Crippen molar-refractivity contribution in [3.8, 4) is 5.75 Å². The number of rotatable bonds is 6. The molecule has 0 spiro atoms. The number of para-hydroxylation sites is 1. The highest BCUT2D eigenvalue weighted by molar-refractivity contribution is 6.09. The summed E-state index contributed by atoms with van der Waals surface area (Å²) in [7, 11) is 0. The molecule has 0 fully saturated rings. The summed E-state index contributed by atoms with van der Waals surface area (Å²) in [6.07, 6.45) is 0. The van der Waals surface area contributed by atoms with Crippen LogP contribution >= 0.6 is 0 Å². The van der Waals surface area contributed by atoms with Crippen LogP contribution in [0.5, 0.6) is 5.75 Å². The highest BCUT2D eigenvalue weighted by Gasteiger charge is 2.42. The molecule has 0 unspecified atom stereocenters. The Morgan fingerprint density at radius 2 is 1.87 bits per heavy atom. The highest BCUT2D eigenvalue weighted by atomic mass is 16.5. The summed E-state index contributed by atoms with van der Waals surface area (Å²) in [5, 5.41) is 11.9. The third kappa shape index (κ3) is 4.50. The molecule has 0 aliphatic carbocycles. The second-order valence-electron chi connectivity index (χ2n) is 7.31. The Balaban J connectivity index is 1.87. The maximum Gasteiger partial charge on any atom is 0.340 e. The van der Waals surface area contributed by atoms with Gasteiger partial charge in [-0.3, -0.25) is 14.5 Å². The first-order valence-electron chi connectivity index (χ1n) is 9.58. The molecule has 9 heteroatoms. The lowest BCUT2D eigenvalue weighted by molar-refractivity contribution is -0.133. The van der Waals surface area contributed by atoms with Crippen LogP contribution in [0.2, 0.25) is 0 Å². The molecule has 0 saturated carbocycles. The molecule has 0 radical (unpaired) electrons. The number of esters is 1. The molecule has 1 aliphatic rings. The van der Waals surface area contributed by atoms with Crippen molar-refractivity contribution in [1.29, 1.82) is 0 Å². The minimum Gasteiger partial charge on any atom is -0.478 e. The zero-order valence-corrected chi connectivity index (χ0v) is 17.3. The third-order valence-electron chi connectivity index (χ3n) is 4.62. The maximum absolute atomic E-state index is 12.9. The van der Waals surface area contributed by atoms with E-state index in [1.54, 1.807) is 25.1 Å². The van der Waals surface area contributed by atoms with Crippen LogP contribution in [0.1, 0.15) is 41.5 Å². The van der Waals surface area contributed by atoms with Crippen LogP contribution in [0.25, 0.3) is 0 Å². The van der Waals surface area contributed by atoms with E-state index in [4.69, 9.17) is 9.47 Å². The molecule has 3 rings (SSSR count). The van der Waals surface area contributed by atoms with Crippen molar-refractivity contribution < 1.29 is 33.8 Å². The van der Waals surface area contributed by atoms with Crippen LogP contribution in [0.3, 0.4) is 0 Å². The Morgan fingerprint density at radius 3 is 2.55 bits per heavy atom. The summed E-state index contributed by atoms with van der Waals surface area (Å²) in [6, 6.07) is 10.5. The van der Waals surface area contributed by atoms with Crippen molar-refractivity contribution in [1.82, 2.24) is 0 Å². The third-order valence-corrected chi connectivity index (χ3v) is 4.62. The van der Waals surface area contributed by atoms with Gasteiger partial charge in [-0.2, -0.15) is 0 Å². The van der Waals surface area contributed by atoms with Gasteiger partial charge in [0.15, 0.2) is 5.60 Å². The van der Waals surface area contributed by atoms with Gasteiger partial charge in [-0.25, -0.2) is 9.59 Å². The number of carboxylic acids is 1. The number of benzene rings is 2. The van der Waals surface area contributed by atoms with Crippen molar-refractivity contribution in [3.63, 3.8) is 0 Å². The smallest absolute Gasteiger partial charge is 0.340 e. The molecule has 1 heterocycles. The van der Waals surface area contributed by atoms with Crippen LogP contribution in [0.4, 0.5) is 11.4 Å². The Kier molecular flexibility index (Phi) is 5.96. The topological polar surface area (TPSA) is 122 Å². The number of anilines is 2. The van der Waals surface area contributed by atoms with E-state index in [-0.39, 0.29) is 41.4 Å². The molecule has 2 aromatic rings. The van der Waals surface area contributed by atoms with Crippen molar-refractivity contribution >= 4 is 35.1 Å². The summed E-state index contributed by atoms with van der Waals surface area (Å²) >= 11 is 0. The fourth-order valence-electron chi connectivity index (χ4n) is 3.17. The van der Waals surface area contributed by atoms with Gasteiger partial charge in [0.2, 0.25) is 5.91 Å². The van der Waals surface area contributed by atoms with Gasteiger partial charge in [0.05, 0.1) is 29.1 Å². The van der Waals surface area contributed by atoms with Crippen molar-refractivity contribution in [3.05, 3.63) is 53.6 Å². The monoisotopic (exact) mass is 426 g/mol. The lowest BCUT2D eigenvalue weighted by Crippen LogP contribution is -2.54. The summed E-state index contributed by atoms with van der Waals surface area (Å²) < 4.78 is 10.7. The van der Waals surface area contributed by atoms with Crippen LogP contribution < -0.4 is 15.0 Å². The Hall–Kier alpha value is -3.88. The molecule has 31 heavy (non-hydrogen) atoms. The molecular weight excluding hydrogens is 404 g/mol. The van der Waals surface area contributed by atoms with Gasteiger partial charge in [0.25, 0.3) is 5.91 Å². The first kappa shape index (κ1) is 21.8. The average molecular weight is 426 g/mol. The molecule has 0 aromatic heterocycles. The number of carbonyl (C=O) groups is 4. The number of ether oxygens (including phenoxy) is 2. The maximum atomic E-state index is 12.9. The van der Waals surface area contributed by atoms with Gasteiger partial charge in [0.1, 0.15) is 12.3 Å². The van der Waals surface area contributed by atoms with Gasteiger partial charge in [-0.1, -0.05) is 12.1 Å². The quantitative estimate of drug-likeness (QED) is 0.681. The fourth-order valence-corrected chi connectivity index (χ4v) is 3.17. The van der Waals surface area contributed by atoms with E-state index in [1.807, 2.05) is 0 Å².